The molecule has 0 unspecified atom stereocenters. The number of hydrogen-bond acceptors (Lipinski definition) is 3. The summed E-state index contributed by atoms with van der Waals surface area (Å²) in [7, 11) is 0. The lowest BCUT2D eigenvalue weighted by Gasteiger charge is -2.06. The number of carbonyl (C=O) groups excluding carboxylic acids is 1. The van der Waals surface area contributed by atoms with Crippen LogP contribution in [-0.2, 0) is 0 Å². The average molecular weight is 304 g/mol. The van der Waals surface area contributed by atoms with E-state index in [1.54, 1.807) is 35.7 Å². The van der Waals surface area contributed by atoms with Gasteiger partial charge in [0.05, 0.1) is 4.58 Å². The zero-order valence-electron chi connectivity index (χ0n) is 10.9. The van der Waals surface area contributed by atoms with Gasteiger partial charge in [-0.15, -0.1) is 23.5 Å². The van der Waals surface area contributed by atoms with E-state index in [4.69, 9.17) is 0 Å². The second kappa shape index (κ2) is 5.62. The summed E-state index contributed by atoms with van der Waals surface area (Å²) in [6.07, 6.45) is 0.467. The number of thioether (sulfide) groups is 2. The SMILES string of the molecule is Cc1ccc2c(c1)S[C@@H](CC(=O)c1ccc(F)cc1)S2. The number of benzene rings is 2. The Balaban J connectivity index is 1.68. The molecule has 0 bridgehead atoms. The molecule has 2 aromatic carbocycles. The molecule has 1 nitrogen and oxygen atoms in total. The van der Waals surface area contributed by atoms with Gasteiger partial charge in [-0.1, -0.05) is 6.07 Å². The summed E-state index contributed by atoms with van der Waals surface area (Å²) in [5.74, 6) is -0.242. The van der Waals surface area contributed by atoms with Crippen LogP contribution in [0.2, 0.25) is 0 Å². The third-order valence-corrected chi connectivity index (χ3v) is 5.90. The first kappa shape index (κ1) is 13.7. The molecular weight excluding hydrogens is 291 g/mol. The largest absolute Gasteiger partial charge is 0.294 e. The van der Waals surface area contributed by atoms with Gasteiger partial charge in [0.15, 0.2) is 5.78 Å². The lowest BCUT2D eigenvalue weighted by molar-refractivity contribution is 0.0987. The maximum absolute atomic E-state index is 12.9. The van der Waals surface area contributed by atoms with Gasteiger partial charge in [0.25, 0.3) is 0 Å². The second-order valence-corrected chi connectivity index (χ2v) is 7.54. The van der Waals surface area contributed by atoms with Gasteiger partial charge in [0.1, 0.15) is 5.82 Å². The van der Waals surface area contributed by atoms with E-state index in [0.717, 1.165) is 0 Å². The number of rotatable bonds is 3. The fourth-order valence-corrected chi connectivity index (χ4v) is 5.00. The molecule has 3 rings (SSSR count). The average Bonchev–Trinajstić information content (AvgIpc) is 2.80. The van der Waals surface area contributed by atoms with E-state index in [1.165, 1.54) is 27.5 Å². The molecule has 0 aromatic heterocycles. The van der Waals surface area contributed by atoms with E-state index < -0.39 is 0 Å². The van der Waals surface area contributed by atoms with Crippen LogP contribution in [-0.4, -0.2) is 10.4 Å². The van der Waals surface area contributed by atoms with Gasteiger partial charge in [-0.3, -0.25) is 4.79 Å². The second-order valence-electron chi connectivity index (χ2n) is 4.75. The van der Waals surface area contributed by atoms with Crippen molar-refractivity contribution in [2.75, 3.05) is 0 Å². The molecule has 102 valence electrons. The molecule has 0 aliphatic carbocycles. The fraction of sp³-hybridized carbons (Fsp3) is 0.188. The lowest BCUT2D eigenvalue weighted by atomic mass is 10.1. The van der Waals surface area contributed by atoms with Gasteiger partial charge < -0.3 is 0 Å². The number of halogens is 1. The quantitative estimate of drug-likeness (QED) is 0.748. The van der Waals surface area contributed by atoms with E-state index in [2.05, 4.69) is 25.1 Å². The summed E-state index contributed by atoms with van der Waals surface area (Å²) in [4.78, 5) is 14.7. The molecule has 0 radical (unpaired) electrons. The van der Waals surface area contributed by atoms with E-state index in [-0.39, 0.29) is 16.2 Å². The van der Waals surface area contributed by atoms with Crippen molar-refractivity contribution in [2.45, 2.75) is 27.7 Å². The summed E-state index contributed by atoms with van der Waals surface area (Å²) in [6, 6.07) is 12.1. The maximum Gasteiger partial charge on any atom is 0.164 e. The van der Waals surface area contributed by atoms with Crippen LogP contribution in [0, 0.1) is 12.7 Å². The van der Waals surface area contributed by atoms with Gasteiger partial charge in [-0.25, -0.2) is 4.39 Å². The minimum absolute atomic E-state index is 0.0690. The third kappa shape index (κ3) is 2.91. The highest BCUT2D eigenvalue weighted by Crippen LogP contribution is 2.49. The Morgan fingerprint density at radius 3 is 2.55 bits per heavy atom. The topological polar surface area (TPSA) is 17.1 Å². The normalized spacial score (nSPS) is 17.0. The maximum atomic E-state index is 12.9. The van der Waals surface area contributed by atoms with Crippen LogP contribution in [0.1, 0.15) is 22.3 Å². The van der Waals surface area contributed by atoms with Crippen LogP contribution < -0.4 is 0 Å². The van der Waals surface area contributed by atoms with Crippen molar-refractivity contribution < 1.29 is 9.18 Å². The molecule has 1 aliphatic heterocycles. The van der Waals surface area contributed by atoms with Gasteiger partial charge in [-0.2, -0.15) is 0 Å². The van der Waals surface area contributed by atoms with Crippen LogP contribution in [0.25, 0.3) is 0 Å². The van der Waals surface area contributed by atoms with Crippen molar-refractivity contribution in [3.63, 3.8) is 0 Å². The molecule has 0 saturated heterocycles. The molecular formula is C16H13FOS2. The van der Waals surface area contributed by atoms with Gasteiger partial charge in [0.2, 0.25) is 0 Å². The van der Waals surface area contributed by atoms with Gasteiger partial charge >= 0.3 is 0 Å². The van der Waals surface area contributed by atoms with Gasteiger partial charge in [-0.05, 0) is 48.9 Å². The molecule has 0 amide bonds. The predicted molar refractivity (Wildman–Crippen MR) is 82.0 cm³/mol. The van der Waals surface area contributed by atoms with Crippen molar-refractivity contribution in [3.8, 4) is 0 Å². The molecule has 4 heteroatoms. The van der Waals surface area contributed by atoms with Crippen molar-refractivity contribution >= 4 is 29.3 Å². The highest BCUT2D eigenvalue weighted by atomic mass is 32.2. The van der Waals surface area contributed by atoms with Crippen molar-refractivity contribution in [3.05, 3.63) is 59.4 Å². The fourth-order valence-electron chi connectivity index (χ4n) is 2.10. The predicted octanol–water partition coefficient (Wildman–Crippen LogP) is 4.93. The third-order valence-electron chi connectivity index (χ3n) is 3.13. The Kier molecular flexibility index (Phi) is 3.85. The molecule has 1 atom stereocenters. The highest BCUT2D eigenvalue weighted by Gasteiger charge is 2.25. The first-order valence-corrected chi connectivity index (χ1v) is 8.10. The summed E-state index contributed by atoms with van der Waals surface area (Å²) in [6.45, 7) is 2.07. The molecule has 0 fully saturated rings. The Morgan fingerprint density at radius 1 is 1.10 bits per heavy atom. The molecule has 1 heterocycles. The number of fused-ring (bicyclic) bond motifs is 1. The molecule has 2 aromatic rings. The standard InChI is InChI=1S/C16H13FOS2/c1-10-2-7-14-15(8-10)20-16(19-14)9-13(18)11-3-5-12(17)6-4-11/h2-8,16H,9H2,1H3/t16-/m0/s1. The summed E-state index contributed by atoms with van der Waals surface area (Å²) >= 11 is 3.48. The van der Waals surface area contributed by atoms with Crippen LogP contribution >= 0.6 is 23.5 Å². The number of carbonyl (C=O) groups is 1. The zero-order chi connectivity index (χ0) is 14.1. The minimum atomic E-state index is -0.311. The zero-order valence-corrected chi connectivity index (χ0v) is 12.6. The van der Waals surface area contributed by atoms with Crippen LogP contribution in [0.4, 0.5) is 4.39 Å². The molecule has 0 saturated carbocycles. The first-order valence-electron chi connectivity index (χ1n) is 6.34. The molecule has 1 aliphatic rings. The summed E-state index contributed by atoms with van der Waals surface area (Å²) < 4.78 is 13.1. The van der Waals surface area contributed by atoms with E-state index in [9.17, 15) is 9.18 Å². The van der Waals surface area contributed by atoms with Gasteiger partial charge in [0, 0.05) is 21.8 Å². The summed E-state index contributed by atoms with van der Waals surface area (Å²) in [5, 5.41) is 0. The van der Waals surface area contributed by atoms with E-state index >= 15 is 0 Å². The van der Waals surface area contributed by atoms with Crippen LogP contribution in [0.3, 0.4) is 0 Å². The number of hydrogen-bond donors (Lipinski definition) is 0. The van der Waals surface area contributed by atoms with Crippen LogP contribution in [0.15, 0.2) is 52.3 Å². The number of Topliss-reactive ketones (excluding diaryl/α,β-unsaturated/α-hetero) is 1. The Labute approximate surface area is 126 Å². The van der Waals surface area contributed by atoms with Crippen molar-refractivity contribution in [1.29, 1.82) is 0 Å². The van der Waals surface area contributed by atoms with E-state index in [0.29, 0.717) is 12.0 Å². The van der Waals surface area contributed by atoms with E-state index in [1.807, 2.05) is 0 Å². The highest BCUT2D eigenvalue weighted by molar-refractivity contribution is 8.19. The number of aryl methyl sites for hydroxylation is 1. The Bertz CT molecular complexity index is 652. The molecule has 20 heavy (non-hydrogen) atoms. The lowest BCUT2D eigenvalue weighted by Crippen LogP contribution is -2.05. The first-order chi connectivity index (χ1) is 9.61. The number of ketones is 1. The van der Waals surface area contributed by atoms with Crippen molar-refractivity contribution in [1.82, 2.24) is 0 Å². The Morgan fingerprint density at radius 2 is 1.80 bits per heavy atom. The monoisotopic (exact) mass is 304 g/mol. The summed E-state index contributed by atoms with van der Waals surface area (Å²) in [5.41, 5.74) is 1.82. The van der Waals surface area contributed by atoms with Crippen LogP contribution in [0.5, 0.6) is 0 Å². The Hall–Kier alpha value is -1.26. The van der Waals surface area contributed by atoms with Crippen molar-refractivity contribution in [2.24, 2.45) is 0 Å². The molecule has 0 spiro atoms. The smallest absolute Gasteiger partial charge is 0.164 e. The molecule has 0 N–H and O–H groups in total. The minimum Gasteiger partial charge on any atom is -0.294 e.